The Balaban J connectivity index is 0.00000289. The first kappa shape index (κ1) is 23.4. The van der Waals surface area contributed by atoms with Crippen molar-refractivity contribution in [3.63, 3.8) is 0 Å². The molecule has 2 heterocycles. The van der Waals surface area contributed by atoms with Gasteiger partial charge in [-0.25, -0.2) is 4.79 Å². The molecule has 0 atom stereocenters. The lowest BCUT2D eigenvalue weighted by molar-refractivity contribution is -0.120. The number of benzene rings is 2. The maximum absolute atomic E-state index is 13.0. The molecule has 0 unspecified atom stereocenters. The minimum atomic E-state index is -0.413. The second kappa shape index (κ2) is 10.8. The summed E-state index contributed by atoms with van der Waals surface area (Å²) < 4.78 is 5.99. The summed E-state index contributed by atoms with van der Waals surface area (Å²) in [4.78, 5) is 30.9. The molecule has 2 N–H and O–H groups in total. The molecule has 1 aliphatic rings. The lowest BCUT2D eigenvalue weighted by atomic mass is 10.2. The minimum absolute atomic E-state index is 0. The van der Waals surface area contributed by atoms with Gasteiger partial charge in [-0.15, -0.1) is 12.4 Å². The van der Waals surface area contributed by atoms with Gasteiger partial charge in [-0.05, 0) is 36.4 Å². The smallest absolute Gasteiger partial charge is 0.322 e. The SMILES string of the molecule is Cl.O=C(CNC(=O)N1Cc2ccccc2Oc2ccc(Cl)cc21)NCCc1ccccn1. The van der Waals surface area contributed by atoms with Crippen molar-refractivity contribution < 1.29 is 14.3 Å². The number of carbonyl (C=O) groups is 2. The highest BCUT2D eigenvalue weighted by molar-refractivity contribution is 6.31. The van der Waals surface area contributed by atoms with Gasteiger partial charge in [0.2, 0.25) is 5.91 Å². The summed E-state index contributed by atoms with van der Waals surface area (Å²) in [7, 11) is 0. The molecule has 0 radical (unpaired) electrons. The summed E-state index contributed by atoms with van der Waals surface area (Å²) in [6.45, 7) is 0.585. The number of rotatable bonds is 5. The maximum Gasteiger partial charge on any atom is 0.322 e. The molecule has 7 nitrogen and oxygen atoms in total. The van der Waals surface area contributed by atoms with E-state index in [2.05, 4.69) is 15.6 Å². The molecule has 2 aromatic carbocycles. The third kappa shape index (κ3) is 5.69. The first-order valence-electron chi connectivity index (χ1n) is 9.87. The fraction of sp³-hybridized carbons (Fsp3) is 0.174. The first-order chi connectivity index (χ1) is 15.1. The van der Waals surface area contributed by atoms with E-state index in [1.54, 1.807) is 24.4 Å². The van der Waals surface area contributed by atoms with Crippen molar-refractivity contribution >= 4 is 41.6 Å². The molecule has 166 valence electrons. The van der Waals surface area contributed by atoms with Gasteiger partial charge in [0.15, 0.2) is 5.75 Å². The monoisotopic (exact) mass is 472 g/mol. The molecule has 0 bridgehead atoms. The lowest BCUT2D eigenvalue weighted by Crippen LogP contribution is -2.44. The normalized spacial score (nSPS) is 11.7. The number of aromatic nitrogens is 1. The predicted octanol–water partition coefficient (Wildman–Crippen LogP) is 4.34. The van der Waals surface area contributed by atoms with Crippen molar-refractivity contribution in [1.29, 1.82) is 0 Å². The number of fused-ring (bicyclic) bond motifs is 2. The highest BCUT2D eigenvalue weighted by atomic mass is 35.5. The summed E-state index contributed by atoms with van der Waals surface area (Å²) >= 11 is 6.16. The largest absolute Gasteiger partial charge is 0.455 e. The second-order valence-corrected chi connectivity index (χ2v) is 7.42. The molecule has 3 amide bonds. The highest BCUT2D eigenvalue weighted by Crippen LogP contribution is 2.40. The predicted molar refractivity (Wildman–Crippen MR) is 126 cm³/mol. The molecule has 0 spiro atoms. The number of ether oxygens (including phenoxy) is 1. The van der Waals surface area contributed by atoms with Crippen LogP contribution in [0.4, 0.5) is 10.5 Å². The van der Waals surface area contributed by atoms with Crippen LogP contribution in [0.3, 0.4) is 0 Å². The molecule has 1 aliphatic heterocycles. The summed E-state index contributed by atoms with van der Waals surface area (Å²) in [5.41, 5.74) is 2.28. The van der Waals surface area contributed by atoms with E-state index < -0.39 is 6.03 Å². The van der Waals surface area contributed by atoms with E-state index in [-0.39, 0.29) is 31.4 Å². The van der Waals surface area contributed by atoms with Gasteiger partial charge in [0.25, 0.3) is 0 Å². The summed E-state index contributed by atoms with van der Waals surface area (Å²) in [5.74, 6) is 0.917. The van der Waals surface area contributed by atoms with E-state index in [0.29, 0.717) is 35.2 Å². The Bertz CT molecular complexity index is 1100. The van der Waals surface area contributed by atoms with Crippen LogP contribution in [0.2, 0.25) is 5.02 Å². The zero-order valence-corrected chi connectivity index (χ0v) is 18.7. The third-order valence-electron chi connectivity index (χ3n) is 4.81. The Kier molecular flexibility index (Phi) is 7.92. The lowest BCUT2D eigenvalue weighted by Gasteiger charge is -2.22. The number of anilines is 1. The molecule has 9 heteroatoms. The molecule has 1 aromatic heterocycles. The van der Waals surface area contributed by atoms with Crippen molar-refractivity contribution in [2.75, 3.05) is 18.0 Å². The van der Waals surface area contributed by atoms with Crippen LogP contribution in [-0.4, -0.2) is 30.0 Å². The van der Waals surface area contributed by atoms with E-state index in [4.69, 9.17) is 16.3 Å². The molecule has 0 aliphatic carbocycles. The van der Waals surface area contributed by atoms with Crippen molar-refractivity contribution in [2.45, 2.75) is 13.0 Å². The number of urea groups is 1. The third-order valence-corrected chi connectivity index (χ3v) is 5.04. The molecule has 4 rings (SSSR count). The number of carbonyl (C=O) groups excluding carboxylic acids is 2. The minimum Gasteiger partial charge on any atom is -0.455 e. The van der Waals surface area contributed by atoms with Gasteiger partial charge in [0, 0.05) is 35.4 Å². The van der Waals surface area contributed by atoms with E-state index >= 15 is 0 Å². The number of amides is 3. The van der Waals surface area contributed by atoms with Crippen LogP contribution in [0, 0.1) is 0 Å². The Morgan fingerprint density at radius 3 is 2.66 bits per heavy atom. The molecule has 0 saturated heterocycles. The molecule has 3 aromatic rings. The van der Waals surface area contributed by atoms with E-state index in [0.717, 1.165) is 11.3 Å². The first-order valence-corrected chi connectivity index (χ1v) is 10.3. The van der Waals surface area contributed by atoms with Crippen LogP contribution in [0.5, 0.6) is 11.5 Å². The van der Waals surface area contributed by atoms with Gasteiger partial charge < -0.3 is 15.4 Å². The van der Waals surface area contributed by atoms with Crippen LogP contribution < -0.4 is 20.3 Å². The van der Waals surface area contributed by atoms with Gasteiger partial charge in [-0.2, -0.15) is 0 Å². The van der Waals surface area contributed by atoms with Crippen LogP contribution in [0.1, 0.15) is 11.3 Å². The number of hydrogen-bond donors (Lipinski definition) is 2. The number of para-hydroxylation sites is 1. The fourth-order valence-electron chi connectivity index (χ4n) is 3.27. The average molecular weight is 473 g/mol. The quantitative estimate of drug-likeness (QED) is 0.578. The van der Waals surface area contributed by atoms with Crippen LogP contribution >= 0.6 is 24.0 Å². The van der Waals surface area contributed by atoms with Gasteiger partial charge in [0.1, 0.15) is 5.75 Å². The van der Waals surface area contributed by atoms with Gasteiger partial charge in [0.05, 0.1) is 18.8 Å². The maximum atomic E-state index is 13.0. The van der Waals surface area contributed by atoms with Crippen LogP contribution in [0.15, 0.2) is 66.9 Å². The molecule has 0 fully saturated rings. The van der Waals surface area contributed by atoms with Gasteiger partial charge >= 0.3 is 6.03 Å². The van der Waals surface area contributed by atoms with E-state index in [1.165, 1.54) is 4.90 Å². The van der Waals surface area contributed by atoms with Crippen molar-refractivity contribution in [3.05, 3.63) is 83.1 Å². The van der Waals surface area contributed by atoms with Crippen molar-refractivity contribution in [2.24, 2.45) is 0 Å². The zero-order chi connectivity index (χ0) is 21.6. The van der Waals surface area contributed by atoms with E-state index in [1.807, 2.05) is 42.5 Å². The number of pyridine rings is 1. The standard InChI is InChI=1S/C23H21ClN4O3.ClH/c24-17-8-9-21-19(13-17)28(15-16-5-1-2-7-20(16)31-21)23(30)27-14-22(29)26-12-10-18-6-3-4-11-25-18;/h1-9,11,13H,10,12,14-15H2,(H,26,29)(H,27,30);1H. The summed E-state index contributed by atoms with van der Waals surface area (Å²) in [5, 5.41) is 5.95. The fourth-order valence-corrected chi connectivity index (χ4v) is 3.43. The van der Waals surface area contributed by atoms with Crippen LogP contribution in [-0.2, 0) is 17.8 Å². The number of nitrogens with zero attached hydrogens (tertiary/aromatic N) is 2. The van der Waals surface area contributed by atoms with E-state index in [9.17, 15) is 9.59 Å². The molecule has 32 heavy (non-hydrogen) atoms. The molecular formula is C23H22Cl2N4O3. The Hall–Kier alpha value is -3.29. The topological polar surface area (TPSA) is 83.6 Å². The molecular weight excluding hydrogens is 451 g/mol. The van der Waals surface area contributed by atoms with Crippen LogP contribution in [0.25, 0.3) is 0 Å². The number of hydrogen-bond acceptors (Lipinski definition) is 4. The Morgan fingerprint density at radius 2 is 1.84 bits per heavy atom. The van der Waals surface area contributed by atoms with Crippen molar-refractivity contribution in [1.82, 2.24) is 15.6 Å². The number of halogens is 2. The van der Waals surface area contributed by atoms with Crippen molar-refractivity contribution in [3.8, 4) is 11.5 Å². The Labute approximate surface area is 197 Å². The summed E-state index contributed by atoms with van der Waals surface area (Å²) in [6, 6.07) is 17.8. The number of nitrogens with one attached hydrogen (secondary N) is 2. The average Bonchev–Trinajstić information content (AvgIpc) is 2.95. The highest BCUT2D eigenvalue weighted by Gasteiger charge is 2.25. The van der Waals surface area contributed by atoms with Gasteiger partial charge in [-0.3, -0.25) is 14.7 Å². The Morgan fingerprint density at radius 1 is 1.03 bits per heavy atom. The second-order valence-electron chi connectivity index (χ2n) is 6.99. The molecule has 0 saturated carbocycles. The van der Waals surface area contributed by atoms with Gasteiger partial charge in [-0.1, -0.05) is 35.9 Å². The summed E-state index contributed by atoms with van der Waals surface area (Å²) in [6.07, 6.45) is 2.33. The zero-order valence-electron chi connectivity index (χ0n) is 17.1.